The number of hydrogen-bond donors (Lipinski definition) is 2. The number of nitriles is 2. The summed E-state index contributed by atoms with van der Waals surface area (Å²) >= 11 is 12.5. The van der Waals surface area contributed by atoms with Gasteiger partial charge >= 0.3 is 12.2 Å². The van der Waals surface area contributed by atoms with E-state index in [0.717, 1.165) is 35.1 Å². The van der Waals surface area contributed by atoms with Gasteiger partial charge in [-0.05, 0) is 59.8 Å². The molecule has 3 rings (SSSR count). The van der Waals surface area contributed by atoms with E-state index in [4.69, 9.17) is 44.4 Å². The molecular weight excluding hydrogens is 633 g/mol. The van der Waals surface area contributed by atoms with Crippen LogP contribution in [0.15, 0.2) is 48.5 Å². The standard InChI is InChI=1S/C32H36N4O4S4/c1-31(2)12-26(16-35-29(37)39-17-22-4-8-24(9-5-22)19-43-27(41)14-33)13-32(3,21-31)36-30(38)40-18-23-6-10-25(11-7-23)20-44-28(42)15-34/h4-11,26H,12-13,16-21H2,1-3H3,(H,35,37)(H,36,38). The maximum atomic E-state index is 12.8. The van der Waals surface area contributed by atoms with Crippen LogP contribution in [0, 0.1) is 34.0 Å². The van der Waals surface area contributed by atoms with Gasteiger partial charge in [-0.1, -0.05) is 110 Å². The lowest BCUT2D eigenvalue weighted by Gasteiger charge is -2.46. The fraction of sp³-hybridized carbons (Fsp3) is 0.438. The number of thioether (sulfide) groups is 2. The van der Waals surface area contributed by atoms with Crippen LogP contribution in [0.25, 0.3) is 0 Å². The van der Waals surface area contributed by atoms with Gasteiger partial charge < -0.3 is 20.1 Å². The molecule has 0 aliphatic heterocycles. The summed E-state index contributed by atoms with van der Waals surface area (Å²) in [5, 5.41) is 23.6. The minimum atomic E-state index is -0.494. The number of nitrogens with zero attached hydrogens (tertiary/aromatic N) is 2. The van der Waals surface area contributed by atoms with Crippen molar-refractivity contribution in [3.63, 3.8) is 0 Å². The smallest absolute Gasteiger partial charge is 0.407 e. The number of carbonyl (C=O) groups excluding carboxylic acids is 2. The van der Waals surface area contributed by atoms with Crippen LogP contribution in [-0.2, 0) is 34.2 Å². The minimum absolute atomic E-state index is 0.0464. The summed E-state index contributed by atoms with van der Waals surface area (Å²) < 4.78 is 11.6. The monoisotopic (exact) mass is 668 g/mol. The molecule has 1 aliphatic rings. The van der Waals surface area contributed by atoms with Gasteiger partial charge in [-0.3, -0.25) is 0 Å². The second-order valence-electron chi connectivity index (χ2n) is 11.8. The highest BCUT2D eigenvalue weighted by atomic mass is 32.2. The summed E-state index contributed by atoms with van der Waals surface area (Å²) in [6, 6.07) is 19.2. The van der Waals surface area contributed by atoms with Crippen molar-refractivity contribution in [2.45, 2.75) is 70.3 Å². The van der Waals surface area contributed by atoms with Crippen LogP contribution in [0.5, 0.6) is 0 Å². The fourth-order valence-corrected chi connectivity index (χ4v) is 7.08. The Labute approximate surface area is 278 Å². The number of thiocarbonyl (C=S) groups is 2. The average molecular weight is 669 g/mol. The number of benzene rings is 2. The van der Waals surface area contributed by atoms with Gasteiger partial charge in [-0.15, -0.1) is 0 Å². The molecule has 12 heteroatoms. The van der Waals surface area contributed by atoms with Gasteiger partial charge in [0.25, 0.3) is 0 Å². The molecule has 0 heterocycles. The number of carbonyl (C=O) groups is 2. The van der Waals surface area contributed by atoms with Gasteiger partial charge in [0.05, 0.1) is 0 Å². The quantitative estimate of drug-likeness (QED) is 0.231. The Balaban J connectivity index is 1.43. The molecule has 1 aliphatic carbocycles. The first kappa shape index (κ1) is 35.3. The Kier molecular flexibility index (Phi) is 13.5. The van der Waals surface area contributed by atoms with Gasteiger partial charge in [0, 0.05) is 23.6 Å². The highest BCUT2D eigenvalue weighted by molar-refractivity contribution is 8.23. The molecule has 2 aromatic carbocycles. The second kappa shape index (κ2) is 16.8. The Bertz CT molecular complexity index is 1420. The van der Waals surface area contributed by atoms with Gasteiger partial charge in [0.1, 0.15) is 33.7 Å². The number of ether oxygens (including phenoxy) is 2. The van der Waals surface area contributed by atoms with E-state index in [0.29, 0.717) is 32.9 Å². The summed E-state index contributed by atoms with van der Waals surface area (Å²) in [4.78, 5) is 25.2. The Morgan fingerprint density at radius 3 is 1.75 bits per heavy atom. The SMILES string of the molecule is CC1(C)CC(CNC(=O)OCc2ccc(CSC(=S)C#N)cc2)CC(C)(NC(=O)OCc2ccc(CSC(=S)C#N)cc2)C1. The van der Waals surface area contributed by atoms with Crippen molar-refractivity contribution >= 4 is 68.5 Å². The van der Waals surface area contributed by atoms with Crippen molar-refractivity contribution in [2.75, 3.05) is 6.54 Å². The van der Waals surface area contributed by atoms with Crippen LogP contribution >= 0.6 is 48.0 Å². The van der Waals surface area contributed by atoms with Crippen LogP contribution < -0.4 is 10.6 Å². The minimum Gasteiger partial charge on any atom is -0.445 e. The molecule has 0 aromatic heterocycles. The number of hydrogen-bond acceptors (Lipinski definition) is 10. The molecule has 44 heavy (non-hydrogen) atoms. The van der Waals surface area contributed by atoms with Gasteiger partial charge in [-0.2, -0.15) is 10.5 Å². The van der Waals surface area contributed by atoms with Crippen molar-refractivity contribution in [1.29, 1.82) is 10.5 Å². The van der Waals surface area contributed by atoms with Crippen LogP contribution in [0.2, 0.25) is 0 Å². The molecule has 2 atom stereocenters. The third-order valence-electron chi connectivity index (χ3n) is 7.10. The molecular formula is C32H36N4O4S4. The maximum Gasteiger partial charge on any atom is 0.407 e. The van der Waals surface area contributed by atoms with Gasteiger partial charge in [0.2, 0.25) is 0 Å². The summed E-state index contributed by atoms with van der Waals surface area (Å²) in [7, 11) is 0. The van der Waals surface area contributed by atoms with E-state index < -0.39 is 17.7 Å². The normalized spacial score (nSPS) is 18.6. The maximum absolute atomic E-state index is 12.8. The number of amides is 2. The molecule has 232 valence electrons. The Morgan fingerprint density at radius 2 is 1.27 bits per heavy atom. The lowest BCUT2D eigenvalue weighted by molar-refractivity contribution is 0.0689. The molecule has 0 radical (unpaired) electrons. The van der Waals surface area contributed by atoms with Crippen molar-refractivity contribution in [2.24, 2.45) is 11.3 Å². The zero-order valence-corrected chi connectivity index (χ0v) is 28.3. The number of alkyl carbamates (subject to hydrolysis) is 2. The van der Waals surface area contributed by atoms with Gasteiger partial charge in [0.15, 0.2) is 0 Å². The van der Waals surface area contributed by atoms with E-state index in [2.05, 4.69) is 24.5 Å². The lowest BCUT2D eigenvalue weighted by atomic mass is 9.64. The zero-order chi connectivity index (χ0) is 32.2. The van der Waals surface area contributed by atoms with Crippen molar-refractivity contribution in [3.8, 4) is 12.1 Å². The first-order chi connectivity index (χ1) is 20.9. The summed E-state index contributed by atoms with van der Waals surface area (Å²) in [5.74, 6) is 1.38. The Hall–Kier alpha value is -3.16. The molecule has 2 amide bonds. The van der Waals surface area contributed by atoms with E-state index in [9.17, 15) is 9.59 Å². The first-order valence-corrected chi connectivity index (χ1v) is 16.8. The molecule has 1 saturated carbocycles. The highest BCUT2D eigenvalue weighted by Gasteiger charge is 2.42. The molecule has 2 N–H and O–H groups in total. The number of nitrogens with one attached hydrogen (secondary N) is 2. The molecule has 8 nitrogen and oxygen atoms in total. The molecule has 1 fully saturated rings. The predicted octanol–water partition coefficient (Wildman–Crippen LogP) is 7.59. The van der Waals surface area contributed by atoms with E-state index in [1.165, 1.54) is 23.5 Å². The molecule has 2 aromatic rings. The first-order valence-electron chi connectivity index (χ1n) is 14.0. The molecule has 0 bridgehead atoms. The molecule has 0 saturated heterocycles. The zero-order valence-electron chi connectivity index (χ0n) is 25.0. The molecule has 2 unspecified atom stereocenters. The van der Waals surface area contributed by atoms with E-state index >= 15 is 0 Å². The second-order valence-corrected chi connectivity index (χ2v) is 15.1. The van der Waals surface area contributed by atoms with E-state index in [1.807, 2.05) is 67.6 Å². The average Bonchev–Trinajstić information content (AvgIpc) is 2.99. The topological polar surface area (TPSA) is 124 Å². The third-order valence-corrected chi connectivity index (χ3v) is 9.65. The van der Waals surface area contributed by atoms with E-state index in [-0.39, 0.29) is 24.5 Å². The summed E-state index contributed by atoms with van der Waals surface area (Å²) in [5.41, 5.74) is 3.25. The van der Waals surface area contributed by atoms with Gasteiger partial charge in [-0.25, -0.2) is 9.59 Å². The highest BCUT2D eigenvalue weighted by Crippen LogP contribution is 2.43. The lowest BCUT2D eigenvalue weighted by Crippen LogP contribution is -2.54. The van der Waals surface area contributed by atoms with E-state index in [1.54, 1.807) is 0 Å². The van der Waals surface area contributed by atoms with Crippen LogP contribution in [0.4, 0.5) is 9.59 Å². The van der Waals surface area contributed by atoms with Crippen molar-refractivity contribution in [1.82, 2.24) is 10.6 Å². The van der Waals surface area contributed by atoms with Crippen molar-refractivity contribution < 1.29 is 19.1 Å². The third kappa shape index (κ3) is 12.4. The van der Waals surface area contributed by atoms with Crippen LogP contribution in [0.1, 0.15) is 62.3 Å². The van der Waals surface area contributed by atoms with Crippen LogP contribution in [0.3, 0.4) is 0 Å². The summed E-state index contributed by atoms with van der Waals surface area (Å²) in [6.45, 7) is 7.09. The van der Waals surface area contributed by atoms with Crippen molar-refractivity contribution in [3.05, 3.63) is 70.8 Å². The fourth-order valence-electron chi connectivity index (χ4n) is 5.62. The predicted molar refractivity (Wildman–Crippen MR) is 183 cm³/mol. The van der Waals surface area contributed by atoms with Crippen LogP contribution in [-0.4, -0.2) is 32.7 Å². The molecule has 0 spiro atoms. The summed E-state index contributed by atoms with van der Waals surface area (Å²) in [6.07, 6.45) is 1.41. The Morgan fingerprint density at radius 1 is 0.818 bits per heavy atom. The largest absolute Gasteiger partial charge is 0.445 e. The number of rotatable bonds is 11.